The number of rotatable bonds is 9. The van der Waals surface area contributed by atoms with Crippen molar-refractivity contribution in [2.45, 2.75) is 52.2 Å². The Morgan fingerprint density at radius 2 is 1.89 bits per heavy atom. The summed E-state index contributed by atoms with van der Waals surface area (Å²) in [6.45, 7) is 4.63. The molecule has 0 saturated heterocycles. The van der Waals surface area contributed by atoms with E-state index in [9.17, 15) is 4.79 Å². The maximum atomic E-state index is 11.8. The fraction of sp³-hybridized carbons (Fsp3) is 0.562. The molecule has 106 valence electrons. The SMILES string of the molecule is CCCCCC(OCC)OC(=O)Cc1ccccc1. The van der Waals surface area contributed by atoms with Crippen molar-refractivity contribution in [2.24, 2.45) is 0 Å². The van der Waals surface area contributed by atoms with Crippen LogP contribution in [0.25, 0.3) is 0 Å². The van der Waals surface area contributed by atoms with E-state index in [2.05, 4.69) is 6.92 Å². The van der Waals surface area contributed by atoms with Crippen molar-refractivity contribution in [1.29, 1.82) is 0 Å². The standard InChI is InChI=1S/C16H24O3/c1-3-5-7-12-16(18-4-2)19-15(17)13-14-10-8-6-9-11-14/h6,8-11,16H,3-5,7,12-13H2,1-2H3. The minimum Gasteiger partial charge on any atom is -0.436 e. The van der Waals surface area contributed by atoms with E-state index in [-0.39, 0.29) is 5.97 Å². The molecule has 1 atom stereocenters. The summed E-state index contributed by atoms with van der Waals surface area (Å²) in [5.74, 6) is -0.221. The Hall–Kier alpha value is -1.35. The summed E-state index contributed by atoms with van der Waals surface area (Å²) in [5, 5.41) is 0. The van der Waals surface area contributed by atoms with Gasteiger partial charge in [-0.2, -0.15) is 0 Å². The van der Waals surface area contributed by atoms with Crippen LogP contribution in [0.15, 0.2) is 30.3 Å². The largest absolute Gasteiger partial charge is 0.436 e. The summed E-state index contributed by atoms with van der Waals surface area (Å²) >= 11 is 0. The molecule has 0 saturated carbocycles. The molecule has 1 aromatic rings. The first-order chi connectivity index (χ1) is 9.26. The second-order valence-corrected chi connectivity index (χ2v) is 4.53. The number of ether oxygens (including phenoxy) is 2. The van der Waals surface area contributed by atoms with Crippen molar-refractivity contribution >= 4 is 5.97 Å². The zero-order chi connectivity index (χ0) is 13.9. The summed E-state index contributed by atoms with van der Waals surface area (Å²) in [7, 11) is 0. The van der Waals surface area contributed by atoms with Gasteiger partial charge < -0.3 is 9.47 Å². The smallest absolute Gasteiger partial charge is 0.312 e. The Morgan fingerprint density at radius 1 is 1.16 bits per heavy atom. The Morgan fingerprint density at radius 3 is 2.53 bits per heavy atom. The molecule has 0 amide bonds. The fourth-order valence-corrected chi connectivity index (χ4v) is 1.87. The molecule has 0 aliphatic rings. The van der Waals surface area contributed by atoms with Gasteiger partial charge in [-0.25, -0.2) is 0 Å². The highest BCUT2D eigenvalue weighted by molar-refractivity contribution is 5.72. The molecule has 3 heteroatoms. The lowest BCUT2D eigenvalue weighted by atomic mass is 10.1. The van der Waals surface area contributed by atoms with E-state index < -0.39 is 6.29 Å². The number of benzene rings is 1. The highest BCUT2D eigenvalue weighted by Crippen LogP contribution is 2.10. The van der Waals surface area contributed by atoms with E-state index >= 15 is 0 Å². The molecular weight excluding hydrogens is 240 g/mol. The molecule has 0 heterocycles. The van der Waals surface area contributed by atoms with Gasteiger partial charge in [0.1, 0.15) is 0 Å². The van der Waals surface area contributed by atoms with E-state index in [1.54, 1.807) is 0 Å². The summed E-state index contributed by atoms with van der Waals surface area (Å²) in [6, 6.07) is 9.62. The molecule has 0 radical (unpaired) electrons. The quantitative estimate of drug-likeness (QED) is 0.387. The predicted octanol–water partition coefficient (Wildman–Crippen LogP) is 3.72. The normalized spacial score (nSPS) is 12.1. The molecule has 19 heavy (non-hydrogen) atoms. The molecular formula is C16H24O3. The third kappa shape index (κ3) is 6.97. The van der Waals surface area contributed by atoms with Crippen LogP contribution in [0.3, 0.4) is 0 Å². The van der Waals surface area contributed by atoms with E-state index in [0.717, 1.165) is 31.2 Å². The van der Waals surface area contributed by atoms with Gasteiger partial charge in [-0.1, -0.05) is 50.1 Å². The predicted molar refractivity (Wildman–Crippen MR) is 75.8 cm³/mol. The Kier molecular flexibility index (Phi) is 7.91. The van der Waals surface area contributed by atoms with Gasteiger partial charge in [-0.15, -0.1) is 0 Å². The van der Waals surface area contributed by atoms with Gasteiger partial charge in [0.15, 0.2) is 0 Å². The van der Waals surface area contributed by atoms with Crippen molar-refractivity contribution in [3.05, 3.63) is 35.9 Å². The van der Waals surface area contributed by atoms with Crippen LogP contribution in [-0.4, -0.2) is 18.9 Å². The molecule has 0 bridgehead atoms. The van der Waals surface area contributed by atoms with E-state index in [1.807, 2.05) is 37.3 Å². The van der Waals surface area contributed by atoms with Gasteiger partial charge in [0, 0.05) is 13.0 Å². The highest BCUT2D eigenvalue weighted by atomic mass is 16.7. The van der Waals surface area contributed by atoms with E-state index in [1.165, 1.54) is 0 Å². The maximum absolute atomic E-state index is 11.8. The first kappa shape index (κ1) is 15.7. The Labute approximate surface area is 115 Å². The van der Waals surface area contributed by atoms with Gasteiger partial charge in [0.2, 0.25) is 6.29 Å². The van der Waals surface area contributed by atoms with Gasteiger partial charge in [-0.05, 0) is 18.9 Å². The third-order valence-electron chi connectivity index (χ3n) is 2.85. The Bertz CT molecular complexity index is 348. The molecule has 0 fully saturated rings. The van der Waals surface area contributed by atoms with Crippen molar-refractivity contribution in [1.82, 2.24) is 0 Å². The molecule has 0 spiro atoms. The highest BCUT2D eigenvalue weighted by Gasteiger charge is 2.14. The third-order valence-corrected chi connectivity index (χ3v) is 2.85. The number of carbonyl (C=O) groups is 1. The van der Waals surface area contributed by atoms with Crippen LogP contribution in [0.5, 0.6) is 0 Å². The summed E-state index contributed by atoms with van der Waals surface area (Å²) in [5.41, 5.74) is 0.969. The summed E-state index contributed by atoms with van der Waals surface area (Å²) in [6.07, 6.45) is 4.00. The average Bonchev–Trinajstić information content (AvgIpc) is 2.40. The zero-order valence-electron chi connectivity index (χ0n) is 11.9. The van der Waals surface area contributed by atoms with Crippen molar-refractivity contribution in [2.75, 3.05) is 6.61 Å². The minimum atomic E-state index is -0.396. The topological polar surface area (TPSA) is 35.5 Å². The van der Waals surface area contributed by atoms with Crippen molar-refractivity contribution < 1.29 is 14.3 Å². The second kappa shape index (κ2) is 9.56. The number of hydrogen-bond donors (Lipinski definition) is 0. The molecule has 1 rings (SSSR count). The molecule has 3 nitrogen and oxygen atoms in total. The molecule has 0 aliphatic carbocycles. The lowest BCUT2D eigenvalue weighted by Crippen LogP contribution is -2.22. The first-order valence-corrected chi connectivity index (χ1v) is 7.11. The van der Waals surface area contributed by atoms with Crippen LogP contribution >= 0.6 is 0 Å². The Balaban J connectivity index is 2.37. The molecule has 1 aromatic carbocycles. The number of esters is 1. The molecule has 0 N–H and O–H groups in total. The lowest BCUT2D eigenvalue weighted by molar-refractivity contribution is -0.178. The number of hydrogen-bond acceptors (Lipinski definition) is 3. The first-order valence-electron chi connectivity index (χ1n) is 7.11. The van der Waals surface area contributed by atoms with Crippen LogP contribution in [0, 0.1) is 0 Å². The maximum Gasteiger partial charge on any atom is 0.312 e. The van der Waals surface area contributed by atoms with Crippen LogP contribution in [0.1, 0.15) is 45.1 Å². The number of unbranched alkanes of at least 4 members (excludes halogenated alkanes) is 2. The van der Waals surface area contributed by atoms with Crippen LogP contribution in [0.4, 0.5) is 0 Å². The van der Waals surface area contributed by atoms with Gasteiger partial charge >= 0.3 is 5.97 Å². The monoisotopic (exact) mass is 264 g/mol. The summed E-state index contributed by atoms with van der Waals surface area (Å²) < 4.78 is 10.8. The second-order valence-electron chi connectivity index (χ2n) is 4.53. The van der Waals surface area contributed by atoms with Gasteiger partial charge in [0.25, 0.3) is 0 Å². The van der Waals surface area contributed by atoms with Gasteiger partial charge in [-0.3, -0.25) is 4.79 Å². The van der Waals surface area contributed by atoms with E-state index in [4.69, 9.17) is 9.47 Å². The average molecular weight is 264 g/mol. The molecule has 0 aromatic heterocycles. The lowest BCUT2D eigenvalue weighted by Gasteiger charge is -2.17. The van der Waals surface area contributed by atoms with Crippen molar-refractivity contribution in [3.63, 3.8) is 0 Å². The number of carbonyl (C=O) groups excluding carboxylic acids is 1. The van der Waals surface area contributed by atoms with Crippen LogP contribution in [-0.2, 0) is 20.7 Å². The van der Waals surface area contributed by atoms with E-state index in [0.29, 0.717) is 13.0 Å². The van der Waals surface area contributed by atoms with Crippen LogP contribution < -0.4 is 0 Å². The van der Waals surface area contributed by atoms with Gasteiger partial charge in [0.05, 0.1) is 6.42 Å². The van der Waals surface area contributed by atoms with Crippen LogP contribution in [0.2, 0.25) is 0 Å². The molecule has 1 unspecified atom stereocenters. The molecule has 0 aliphatic heterocycles. The summed E-state index contributed by atoms with van der Waals surface area (Å²) in [4.78, 5) is 11.8. The fourth-order valence-electron chi connectivity index (χ4n) is 1.87. The minimum absolute atomic E-state index is 0.221. The zero-order valence-corrected chi connectivity index (χ0v) is 11.9. The van der Waals surface area contributed by atoms with Crippen molar-refractivity contribution in [3.8, 4) is 0 Å².